The highest BCUT2D eigenvalue weighted by molar-refractivity contribution is 5.70. The monoisotopic (exact) mass is 262 g/mol. The number of fused-ring (bicyclic) bond motifs is 1. The molecular weight excluding hydrogens is 240 g/mol. The van der Waals surface area contributed by atoms with Crippen LogP contribution in [0.1, 0.15) is 31.2 Å². The van der Waals surface area contributed by atoms with Crippen molar-refractivity contribution < 1.29 is 9.53 Å². The molecule has 19 heavy (non-hydrogen) atoms. The van der Waals surface area contributed by atoms with Gasteiger partial charge in [-0.3, -0.25) is 4.79 Å². The summed E-state index contributed by atoms with van der Waals surface area (Å²) in [6.07, 6.45) is 1.33. The van der Waals surface area contributed by atoms with Crippen LogP contribution in [0.25, 0.3) is 0 Å². The van der Waals surface area contributed by atoms with Crippen molar-refractivity contribution in [3.8, 4) is 0 Å². The lowest BCUT2D eigenvalue weighted by Gasteiger charge is -2.15. The summed E-state index contributed by atoms with van der Waals surface area (Å²) in [5, 5.41) is 3.40. The molecule has 1 aliphatic heterocycles. The summed E-state index contributed by atoms with van der Waals surface area (Å²) < 4.78 is 4.98. The van der Waals surface area contributed by atoms with Gasteiger partial charge in [-0.15, -0.1) is 0 Å². The Kier molecular flexibility index (Phi) is 4.30. The van der Waals surface area contributed by atoms with Crippen LogP contribution in [-0.4, -0.2) is 33.2 Å². The van der Waals surface area contributed by atoms with Crippen molar-refractivity contribution in [1.82, 2.24) is 0 Å². The van der Waals surface area contributed by atoms with E-state index < -0.39 is 0 Å². The van der Waals surface area contributed by atoms with Crippen molar-refractivity contribution in [2.75, 3.05) is 37.5 Å². The first-order valence-electron chi connectivity index (χ1n) is 6.82. The molecule has 0 spiro atoms. The molecule has 0 radical (unpaired) electrons. The van der Waals surface area contributed by atoms with Gasteiger partial charge >= 0.3 is 5.97 Å². The van der Waals surface area contributed by atoms with Crippen molar-refractivity contribution in [1.29, 1.82) is 0 Å². The zero-order valence-corrected chi connectivity index (χ0v) is 11.9. The standard InChI is InChI=1S/C15H22N2O2/c1-4-19-15(18)8-5-11-10-16-14-7-6-12(17(2)3)9-13(11)14/h6-7,9,11,16H,4-5,8,10H2,1-3H3. The number of carbonyl (C=O) groups excluding carboxylic acids is 1. The number of nitrogens with zero attached hydrogens (tertiary/aromatic N) is 1. The van der Waals surface area contributed by atoms with Crippen molar-refractivity contribution in [3.63, 3.8) is 0 Å². The van der Waals surface area contributed by atoms with Crippen LogP contribution in [0.3, 0.4) is 0 Å². The van der Waals surface area contributed by atoms with Gasteiger partial charge in [-0.05, 0) is 37.1 Å². The highest BCUT2D eigenvalue weighted by Gasteiger charge is 2.23. The predicted molar refractivity (Wildman–Crippen MR) is 77.9 cm³/mol. The Bertz CT molecular complexity index is 457. The van der Waals surface area contributed by atoms with Crippen molar-refractivity contribution in [3.05, 3.63) is 23.8 Å². The number of carbonyl (C=O) groups is 1. The summed E-state index contributed by atoms with van der Waals surface area (Å²) in [6, 6.07) is 6.44. The van der Waals surface area contributed by atoms with Gasteiger partial charge in [-0.2, -0.15) is 0 Å². The van der Waals surface area contributed by atoms with Gasteiger partial charge in [0.25, 0.3) is 0 Å². The van der Waals surface area contributed by atoms with Crippen LogP contribution < -0.4 is 10.2 Å². The summed E-state index contributed by atoms with van der Waals surface area (Å²) in [5.41, 5.74) is 3.71. The molecule has 1 aliphatic rings. The minimum Gasteiger partial charge on any atom is -0.466 e. The molecule has 0 fully saturated rings. The first-order valence-corrected chi connectivity index (χ1v) is 6.82. The van der Waals surface area contributed by atoms with Crippen LogP contribution in [0.4, 0.5) is 11.4 Å². The Hall–Kier alpha value is -1.71. The van der Waals surface area contributed by atoms with Crippen LogP contribution >= 0.6 is 0 Å². The predicted octanol–water partition coefficient (Wildman–Crippen LogP) is 2.61. The smallest absolute Gasteiger partial charge is 0.305 e. The first kappa shape index (κ1) is 13.7. The molecule has 0 aromatic heterocycles. The topological polar surface area (TPSA) is 41.6 Å². The molecule has 2 rings (SSSR count). The van der Waals surface area contributed by atoms with Gasteiger partial charge < -0.3 is 15.0 Å². The number of rotatable bonds is 5. The third-order valence-electron chi connectivity index (χ3n) is 3.53. The summed E-state index contributed by atoms with van der Waals surface area (Å²) in [6.45, 7) is 3.21. The number of nitrogens with one attached hydrogen (secondary N) is 1. The Morgan fingerprint density at radius 3 is 2.95 bits per heavy atom. The molecule has 0 aliphatic carbocycles. The molecule has 0 amide bonds. The van der Waals surface area contributed by atoms with E-state index >= 15 is 0 Å². The van der Waals surface area contributed by atoms with Gasteiger partial charge in [-0.1, -0.05) is 0 Å². The van der Waals surface area contributed by atoms with E-state index in [9.17, 15) is 4.79 Å². The van der Waals surface area contributed by atoms with E-state index in [1.165, 1.54) is 16.9 Å². The van der Waals surface area contributed by atoms with Gasteiger partial charge in [0.05, 0.1) is 6.61 Å². The Morgan fingerprint density at radius 1 is 1.47 bits per heavy atom. The molecule has 104 valence electrons. The molecule has 1 unspecified atom stereocenters. The molecule has 1 atom stereocenters. The normalized spacial score (nSPS) is 16.7. The van der Waals surface area contributed by atoms with Crippen LogP contribution in [-0.2, 0) is 9.53 Å². The van der Waals surface area contributed by atoms with E-state index in [2.05, 4.69) is 28.4 Å². The van der Waals surface area contributed by atoms with Crippen molar-refractivity contribution >= 4 is 17.3 Å². The van der Waals surface area contributed by atoms with Crippen molar-refractivity contribution in [2.45, 2.75) is 25.7 Å². The van der Waals surface area contributed by atoms with Gasteiger partial charge in [-0.25, -0.2) is 0 Å². The van der Waals surface area contributed by atoms with Gasteiger partial charge in [0.2, 0.25) is 0 Å². The number of ether oxygens (including phenoxy) is 1. The maximum absolute atomic E-state index is 11.4. The molecule has 0 bridgehead atoms. The number of benzene rings is 1. The number of hydrogen-bond donors (Lipinski definition) is 1. The van der Waals surface area contributed by atoms with E-state index in [1.54, 1.807) is 0 Å². The molecular formula is C15H22N2O2. The number of anilines is 2. The van der Waals surface area contributed by atoms with E-state index in [1.807, 2.05) is 21.0 Å². The lowest BCUT2D eigenvalue weighted by Crippen LogP contribution is -2.10. The molecule has 4 nitrogen and oxygen atoms in total. The average molecular weight is 262 g/mol. The summed E-state index contributed by atoms with van der Waals surface area (Å²) >= 11 is 0. The molecule has 4 heteroatoms. The highest BCUT2D eigenvalue weighted by Crippen LogP contribution is 2.36. The minimum atomic E-state index is -0.0975. The molecule has 0 saturated heterocycles. The zero-order chi connectivity index (χ0) is 13.8. The minimum absolute atomic E-state index is 0.0975. The van der Waals surface area contributed by atoms with Gasteiger partial charge in [0.15, 0.2) is 0 Å². The second-order valence-corrected chi connectivity index (χ2v) is 5.09. The number of esters is 1. The Morgan fingerprint density at radius 2 is 2.26 bits per heavy atom. The second-order valence-electron chi connectivity index (χ2n) is 5.09. The molecule has 1 aromatic rings. The third-order valence-corrected chi connectivity index (χ3v) is 3.53. The SMILES string of the molecule is CCOC(=O)CCC1CNc2ccc(N(C)C)cc21. The van der Waals surface area contributed by atoms with Crippen LogP contribution in [0, 0.1) is 0 Å². The van der Waals surface area contributed by atoms with E-state index in [0.717, 1.165) is 13.0 Å². The van der Waals surface area contributed by atoms with Gasteiger partial charge in [0.1, 0.15) is 0 Å². The molecule has 1 heterocycles. The van der Waals surface area contributed by atoms with Crippen LogP contribution in [0.2, 0.25) is 0 Å². The maximum atomic E-state index is 11.4. The van der Waals surface area contributed by atoms with E-state index in [0.29, 0.717) is 18.9 Å². The largest absolute Gasteiger partial charge is 0.466 e. The fraction of sp³-hybridized carbons (Fsp3) is 0.533. The molecule has 1 aromatic carbocycles. The average Bonchev–Trinajstić information content (AvgIpc) is 2.79. The lowest BCUT2D eigenvalue weighted by atomic mass is 9.96. The van der Waals surface area contributed by atoms with E-state index in [4.69, 9.17) is 4.74 Å². The summed E-state index contributed by atoms with van der Waals surface area (Å²) in [7, 11) is 4.08. The maximum Gasteiger partial charge on any atom is 0.305 e. The van der Waals surface area contributed by atoms with Crippen molar-refractivity contribution in [2.24, 2.45) is 0 Å². The van der Waals surface area contributed by atoms with Gasteiger partial charge in [0, 0.05) is 44.4 Å². The second kappa shape index (κ2) is 5.95. The van der Waals surface area contributed by atoms with Crippen LogP contribution in [0.5, 0.6) is 0 Å². The fourth-order valence-corrected chi connectivity index (χ4v) is 2.45. The Labute approximate surface area is 114 Å². The first-order chi connectivity index (χ1) is 9.11. The zero-order valence-electron chi connectivity index (χ0n) is 11.9. The highest BCUT2D eigenvalue weighted by atomic mass is 16.5. The fourth-order valence-electron chi connectivity index (χ4n) is 2.45. The third kappa shape index (κ3) is 3.19. The molecule has 1 N–H and O–H groups in total. The van der Waals surface area contributed by atoms with E-state index in [-0.39, 0.29) is 5.97 Å². The number of hydrogen-bond acceptors (Lipinski definition) is 4. The quantitative estimate of drug-likeness (QED) is 0.828. The lowest BCUT2D eigenvalue weighted by molar-refractivity contribution is -0.143. The molecule has 0 saturated carbocycles. The summed E-state index contributed by atoms with van der Waals surface area (Å²) in [4.78, 5) is 13.5. The van der Waals surface area contributed by atoms with Crippen LogP contribution in [0.15, 0.2) is 18.2 Å². The summed E-state index contributed by atoms with van der Waals surface area (Å²) in [5.74, 6) is 0.305. The Balaban J connectivity index is 2.04.